The first-order valence-corrected chi connectivity index (χ1v) is 5.20. The van der Waals surface area contributed by atoms with Gasteiger partial charge in [-0.05, 0) is 6.07 Å². The second-order valence-corrected chi connectivity index (χ2v) is 4.17. The number of fused-ring (bicyclic) bond motifs is 1. The molecule has 2 rings (SSSR count). The molecule has 0 saturated heterocycles. The van der Waals surface area contributed by atoms with Crippen molar-refractivity contribution < 1.29 is 26.9 Å². The van der Waals surface area contributed by atoms with Crippen LogP contribution in [0.1, 0.15) is 5.82 Å². The lowest BCUT2D eigenvalue weighted by molar-refractivity contribution is -0.383. The molecule has 0 aliphatic rings. The highest BCUT2D eigenvalue weighted by molar-refractivity contribution is 6.31. The zero-order valence-corrected chi connectivity index (χ0v) is 9.89. The Labute approximate surface area is 111 Å². The molecule has 1 N–H and O–H groups in total. The van der Waals surface area contributed by atoms with Crippen molar-refractivity contribution in [2.75, 3.05) is 0 Å². The van der Waals surface area contributed by atoms with Crippen LogP contribution in [0.5, 0.6) is 0 Å². The molecule has 0 aliphatic carbocycles. The van der Waals surface area contributed by atoms with Crippen molar-refractivity contribution in [1.29, 1.82) is 0 Å². The van der Waals surface area contributed by atoms with Crippen molar-refractivity contribution in [2.45, 2.75) is 12.1 Å². The summed E-state index contributed by atoms with van der Waals surface area (Å²) >= 11 is 5.52. The van der Waals surface area contributed by atoms with Crippen molar-refractivity contribution in [3.63, 3.8) is 0 Å². The van der Waals surface area contributed by atoms with Crippen LogP contribution in [0.2, 0.25) is 5.02 Å². The zero-order chi connectivity index (χ0) is 15.3. The average molecular weight is 316 g/mol. The number of nitro groups is 1. The fourth-order valence-electron chi connectivity index (χ4n) is 1.49. The number of hydrogen-bond acceptors (Lipinski definition) is 3. The summed E-state index contributed by atoms with van der Waals surface area (Å²) in [6.45, 7) is 0. The highest BCUT2D eigenvalue weighted by Gasteiger charge is 2.61. The lowest BCUT2D eigenvalue weighted by Gasteiger charge is -2.16. The molecule has 0 spiro atoms. The van der Waals surface area contributed by atoms with Gasteiger partial charge in [-0.1, -0.05) is 11.6 Å². The average Bonchev–Trinajstić information content (AvgIpc) is 2.69. The standard InChI is InChI=1S/C9H3ClF5N3O2/c10-3-1-4-6(5(2-3)18(19)20)17-7(16-4)8(11,12)9(13,14)15/h1-2H,(H,16,17). The summed E-state index contributed by atoms with van der Waals surface area (Å²) < 4.78 is 62.9. The lowest BCUT2D eigenvalue weighted by atomic mass is 10.3. The van der Waals surface area contributed by atoms with E-state index in [9.17, 15) is 32.1 Å². The number of aromatic nitrogens is 2. The van der Waals surface area contributed by atoms with Crippen LogP contribution < -0.4 is 0 Å². The molecule has 0 radical (unpaired) electrons. The molecule has 0 unspecified atom stereocenters. The molecule has 1 aromatic heterocycles. The summed E-state index contributed by atoms with van der Waals surface area (Å²) in [6.07, 6.45) is -5.88. The van der Waals surface area contributed by atoms with Crippen molar-refractivity contribution in [3.05, 3.63) is 33.1 Å². The first-order valence-electron chi connectivity index (χ1n) is 4.82. The summed E-state index contributed by atoms with van der Waals surface area (Å²) in [7, 11) is 0. The van der Waals surface area contributed by atoms with Gasteiger partial charge in [0, 0.05) is 11.1 Å². The predicted octanol–water partition coefficient (Wildman–Crippen LogP) is 3.78. The summed E-state index contributed by atoms with van der Waals surface area (Å²) in [5.41, 5.74) is -1.78. The smallest absolute Gasteiger partial charge is 0.336 e. The molecule has 20 heavy (non-hydrogen) atoms. The van der Waals surface area contributed by atoms with Crippen LogP contribution in [0, 0.1) is 10.1 Å². The highest BCUT2D eigenvalue weighted by Crippen LogP contribution is 2.43. The third-order valence-electron chi connectivity index (χ3n) is 2.38. The van der Waals surface area contributed by atoms with Gasteiger partial charge in [0.25, 0.3) is 5.69 Å². The molecule has 1 heterocycles. The number of benzene rings is 1. The number of hydrogen-bond donors (Lipinski definition) is 1. The molecule has 0 atom stereocenters. The van der Waals surface area contributed by atoms with Gasteiger partial charge in [-0.3, -0.25) is 10.1 Å². The summed E-state index contributed by atoms with van der Waals surface area (Å²) in [5.74, 6) is -6.99. The van der Waals surface area contributed by atoms with Crippen LogP contribution in [0.25, 0.3) is 11.0 Å². The summed E-state index contributed by atoms with van der Waals surface area (Å²) in [5, 5.41) is 10.5. The number of aromatic amines is 1. The molecule has 11 heteroatoms. The van der Waals surface area contributed by atoms with E-state index in [-0.39, 0.29) is 10.5 Å². The van der Waals surface area contributed by atoms with Gasteiger partial charge in [0.15, 0.2) is 11.3 Å². The molecule has 0 fully saturated rings. The van der Waals surface area contributed by atoms with E-state index in [1.54, 1.807) is 4.98 Å². The van der Waals surface area contributed by atoms with Gasteiger partial charge in [-0.25, -0.2) is 4.98 Å². The monoisotopic (exact) mass is 315 g/mol. The Morgan fingerprint density at radius 2 is 1.85 bits per heavy atom. The number of alkyl halides is 5. The number of non-ortho nitro benzene ring substituents is 1. The molecule has 108 valence electrons. The fraction of sp³-hybridized carbons (Fsp3) is 0.222. The number of nitrogens with zero attached hydrogens (tertiary/aromatic N) is 2. The van der Waals surface area contributed by atoms with Gasteiger partial charge in [0.05, 0.1) is 10.4 Å². The highest BCUT2D eigenvalue weighted by atomic mass is 35.5. The molecular formula is C9H3ClF5N3O2. The van der Waals surface area contributed by atoms with Crippen molar-refractivity contribution in [3.8, 4) is 0 Å². The largest absolute Gasteiger partial charge is 0.461 e. The molecule has 0 bridgehead atoms. The first-order chi connectivity index (χ1) is 9.04. The van der Waals surface area contributed by atoms with E-state index >= 15 is 0 Å². The number of nitrogens with one attached hydrogen (secondary N) is 1. The van der Waals surface area contributed by atoms with Gasteiger partial charge < -0.3 is 4.98 Å². The zero-order valence-electron chi connectivity index (χ0n) is 9.13. The molecule has 2 aromatic rings. The van der Waals surface area contributed by atoms with E-state index < -0.39 is 34.1 Å². The molecule has 0 saturated carbocycles. The van der Waals surface area contributed by atoms with Crippen molar-refractivity contribution in [1.82, 2.24) is 9.97 Å². The fourth-order valence-corrected chi connectivity index (χ4v) is 1.70. The van der Waals surface area contributed by atoms with Crippen LogP contribution in [-0.2, 0) is 5.92 Å². The minimum Gasteiger partial charge on any atom is -0.336 e. The third kappa shape index (κ3) is 2.15. The Balaban J connectivity index is 2.72. The van der Waals surface area contributed by atoms with Gasteiger partial charge in [-0.15, -0.1) is 0 Å². The van der Waals surface area contributed by atoms with Crippen LogP contribution in [0.3, 0.4) is 0 Å². The number of nitro benzene ring substituents is 1. The molecule has 1 aromatic carbocycles. The second kappa shape index (κ2) is 4.27. The van der Waals surface area contributed by atoms with Crippen LogP contribution in [0.4, 0.5) is 27.6 Å². The second-order valence-electron chi connectivity index (χ2n) is 3.74. The minimum absolute atomic E-state index is 0.199. The number of rotatable bonds is 2. The van der Waals surface area contributed by atoms with E-state index in [2.05, 4.69) is 4.98 Å². The van der Waals surface area contributed by atoms with Crippen LogP contribution in [0.15, 0.2) is 12.1 Å². The van der Waals surface area contributed by atoms with E-state index in [0.29, 0.717) is 0 Å². The molecule has 5 nitrogen and oxygen atoms in total. The lowest BCUT2D eigenvalue weighted by Crippen LogP contribution is -2.34. The molecular weight excluding hydrogens is 313 g/mol. The normalized spacial score (nSPS) is 12.9. The molecule has 0 amide bonds. The first kappa shape index (κ1) is 14.4. The van der Waals surface area contributed by atoms with Crippen LogP contribution in [-0.4, -0.2) is 21.1 Å². The summed E-state index contributed by atoms with van der Waals surface area (Å²) in [6, 6.07) is 1.77. The van der Waals surface area contributed by atoms with Gasteiger partial charge >= 0.3 is 12.1 Å². The van der Waals surface area contributed by atoms with E-state index in [0.717, 1.165) is 12.1 Å². The quantitative estimate of drug-likeness (QED) is 0.521. The predicted molar refractivity (Wildman–Crippen MR) is 57.7 cm³/mol. The van der Waals surface area contributed by atoms with Crippen molar-refractivity contribution in [2.24, 2.45) is 0 Å². The number of imidazole rings is 1. The number of halogens is 6. The SMILES string of the molecule is O=[N+]([O-])c1cc(Cl)cc2[nH]c(C(F)(F)C(F)(F)F)nc12. The van der Waals surface area contributed by atoms with Gasteiger partial charge in [0.2, 0.25) is 0 Å². The van der Waals surface area contributed by atoms with E-state index in [1.807, 2.05) is 0 Å². The minimum atomic E-state index is -5.88. The maximum Gasteiger partial charge on any atom is 0.461 e. The Bertz CT molecular complexity index is 697. The van der Waals surface area contributed by atoms with Gasteiger partial charge in [-0.2, -0.15) is 22.0 Å². The van der Waals surface area contributed by atoms with E-state index in [4.69, 9.17) is 11.6 Å². The molecule has 0 aliphatic heterocycles. The van der Waals surface area contributed by atoms with Gasteiger partial charge in [0.1, 0.15) is 0 Å². The topological polar surface area (TPSA) is 71.8 Å². The van der Waals surface area contributed by atoms with E-state index in [1.165, 1.54) is 0 Å². The Hall–Kier alpha value is -1.97. The maximum atomic E-state index is 13.1. The Morgan fingerprint density at radius 1 is 1.25 bits per heavy atom. The van der Waals surface area contributed by atoms with Crippen LogP contribution >= 0.6 is 11.6 Å². The third-order valence-corrected chi connectivity index (χ3v) is 2.60. The Morgan fingerprint density at radius 3 is 2.35 bits per heavy atom. The van der Waals surface area contributed by atoms with Crippen molar-refractivity contribution >= 4 is 28.3 Å². The maximum absolute atomic E-state index is 13.1. The Kier molecular flexibility index (Phi) is 3.08. The summed E-state index contributed by atoms with van der Waals surface area (Å²) in [4.78, 5) is 14.4. The number of H-pyrrole nitrogens is 1.